The van der Waals surface area contributed by atoms with Crippen molar-refractivity contribution in [1.29, 1.82) is 0 Å². The van der Waals surface area contributed by atoms with Crippen LogP contribution in [-0.4, -0.2) is 30.4 Å². The van der Waals surface area contributed by atoms with Crippen LogP contribution in [0.2, 0.25) is 0 Å². The van der Waals surface area contributed by atoms with Gasteiger partial charge in [0.1, 0.15) is 0 Å². The zero-order valence-electron chi connectivity index (χ0n) is 11.6. The Labute approximate surface area is 113 Å². The molecule has 0 aromatic heterocycles. The summed E-state index contributed by atoms with van der Waals surface area (Å²) in [6, 6.07) is 8.00. The van der Waals surface area contributed by atoms with Crippen molar-refractivity contribution in [3.8, 4) is 0 Å². The van der Waals surface area contributed by atoms with Crippen molar-refractivity contribution in [1.82, 2.24) is 4.90 Å². The highest BCUT2D eigenvalue weighted by Gasteiger charge is 2.37. The van der Waals surface area contributed by atoms with E-state index in [2.05, 4.69) is 0 Å². The summed E-state index contributed by atoms with van der Waals surface area (Å²) in [5.41, 5.74) is 2.28. The molecule has 4 nitrogen and oxygen atoms in total. The largest absolute Gasteiger partial charge is 0.469 e. The maximum absolute atomic E-state index is 12.0. The lowest BCUT2D eigenvalue weighted by Crippen LogP contribution is -2.30. The lowest BCUT2D eigenvalue weighted by atomic mass is 10.0. The van der Waals surface area contributed by atoms with Gasteiger partial charge in [0, 0.05) is 13.0 Å². The summed E-state index contributed by atoms with van der Waals surface area (Å²) in [6.45, 7) is 4.48. The standard InChI is InChI=1S/C15H19NO3/c1-10-6-4-5-7-13(10)11(2)16-9-12(8-14(16)17)15(18)19-3/h4-7,11-12H,8-9H2,1-3H3. The normalized spacial score (nSPS) is 20.5. The molecule has 1 fully saturated rings. The second kappa shape index (κ2) is 5.43. The molecule has 0 radical (unpaired) electrons. The topological polar surface area (TPSA) is 46.6 Å². The van der Waals surface area contributed by atoms with E-state index in [4.69, 9.17) is 4.74 Å². The first-order valence-corrected chi connectivity index (χ1v) is 6.47. The Kier molecular flexibility index (Phi) is 3.88. The minimum absolute atomic E-state index is 0.0108. The summed E-state index contributed by atoms with van der Waals surface area (Å²) in [5.74, 6) is -0.608. The predicted octanol–water partition coefficient (Wildman–Crippen LogP) is 2.08. The zero-order valence-corrected chi connectivity index (χ0v) is 11.6. The van der Waals surface area contributed by atoms with Gasteiger partial charge in [-0.3, -0.25) is 9.59 Å². The van der Waals surface area contributed by atoms with Gasteiger partial charge in [-0.25, -0.2) is 0 Å². The number of hydrogen-bond donors (Lipinski definition) is 0. The van der Waals surface area contributed by atoms with Crippen LogP contribution in [0.15, 0.2) is 24.3 Å². The van der Waals surface area contributed by atoms with Crippen LogP contribution in [0.4, 0.5) is 0 Å². The van der Waals surface area contributed by atoms with Gasteiger partial charge in [-0.2, -0.15) is 0 Å². The summed E-state index contributed by atoms with van der Waals surface area (Å²) in [7, 11) is 1.36. The summed E-state index contributed by atoms with van der Waals surface area (Å²) in [5, 5.41) is 0. The Bertz CT molecular complexity index is 498. The molecule has 1 aliphatic heterocycles. The Morgan fingerprint density at radius 3 is 2.74 bits per heavy atom. The van der Waals surface area contributed by atoms with Crippen molar-refractivity contribution >= 4 is 11.9 Å². The molecule has 1 aromatic rings. The Balaban J connectivity index is 2.17. The molecule has 0 spiro atoms. The highest BCUT2D eigenvalue weighted by Crippen LogP contribution is 2.30. The fourth-order valence-electron chi connectivity index (χ4n) is 2.65. The number of esters is 1. The maximum atomic E-state index is 12.0. The molecule has 19 heavy (non-hydrogen) atoms. The number of methoxy groups -OCH3 is 1. The van der Waals surface area contributed by atoms with E-state index in [0.29, 0.717) is 6.54 Å². The molecule has 102 valence electrons. The number of carbonyl (C=O) groups is 2. The minimum atomic E-state index is -0.330. The van der Waals surface area contributed by atoms with E-state index in [1.165, 1.54) is 7.11 Å². The Hall–Kier alpha value is -1.84. The average molecular weight is 261 g/mol. The van der Waals surface area contributed by atoms with Crippen LogP contribution in [0.3, 0.4) is 0 Å². The van der Waals surface area contributed by atoms with Crippen molar-refractivity contribution in [2.45, 2.75) is 26.3 Å². The molecule has 1 aliphatic rings. The second-order valence-electron chi connectivity index (χ2n) is 5.00. The number of amides is 1. The van der Waals surface area contributed by atoms with Gasteiger partial charge in [0.25, 0.3) is 0 Å². The lowest BCUT2D eigenvalue weighted by Gasteiger charge is -2.26. The molecular weight excluding hydrogens is 242 g/mol. The maximum Gasteiger partial charge on any atom is 0.310 e. The van der Waals surface area contributed by atoms with E-state index < -0.39 is 0 Å². The number of hydrogen-bond acceptors (Lipinski definition) is 3. The van der Waals surface area contributed by atoms with Gasteiger partial charge in [0.15, 0.2) is 0 Å². The van der Waals surface area contributed by atoms with Crippen LogP contribution in [0.1, 0.15) is 30.5 Å². The molecule has 0 saturated carbocycles. The van der Waals surface area contributed by atoms with Crippen molar-refractivity contribution in [3.63, 3.8) is 0 Å². The first-order chi connectivity index (χ1) is 9.04. The Morgan fingerprint density at radius 2 is 2.11 bits per heavy atom. The van der Waals surface area contributed by atoms with Crippen molar-refractivity contribution < 1.29 is 14.3 Å². The van der Waals surface area contributed by atoms with E-state index in [1.807, 2.05) is 38.1 Å². The third-order valence-electron chi connectivity index (χ3n) is 3.80. The first-order valence-electron chi connectivity index (χ1n) is 6.47. The summed E-state index contributed by atoms with van der Waals surface area (Å²) in [4.78, 5) is 25.3. The van der Waals surface area contributed by atoms with Crippen LogP contribution in [0.25, 0.3) is 0 Å². The van der Waals surface area contributed by atoms with Crippen molar-refractivity contribution in [3.05, 3.63) is 35.4 Å². The van der Waals surface area contributed by atoms with E-state index in [9.17, 15) is 9.59 Å². The van der Waals surface area contributed by atoms with Gasteiger partial charge >= 0.3 is 5.97 Å². The quantitative estimate of drug-likeness (QED) is 0.783. The molecule has 0 N–H and O–H groups in total. The number of nitrogens with zero attached hydrogens (tertiary/aromatic N) is 1. The predicted molar refractivity (Wildman–Crippen MR) is 71.4 cm³/mol. The molecule has 2 atom stereocenters. The number of carbonyl (C=O) groups excluding carboxylic acids is 2. The molecular formula is C15H19NO3. The summed E-state index contributed by atoms with van der Waals surface area (Å²) >= 11 is 0. The number of aryl methyl sites for hydroxylation is 1. The van der Waals surface area contributed by atoms with E-state index in [1.54, 1.807) is 4.90 Å². The van der Waals surface area contributed by atoms with Crippen LogP contribution in [0.5, 0.6) is 0 Å². The lowest BCUT2D eigenvalue weighted by molar-refractivity contribution is -0.145. The fraction of sp³-hybridized carbons (Fsp3) is 0.467. The highest BCUT2D eigenvalue weighted by molar-refractivity contribution is 5.87. The highest BCUT2D eigenvalue weighted by atomic mass is 16.5. The Morgan fingerprint density at radius 1 is 1.42 bits per heavy atom. The van der Waals surface area contributed by atoms with Gasteiger partial charge in [-0.1, -0.05) is 24.3 Å². The molecule has 0 bridgehead atoms. The zero-order chi connectivity index (χ0) is 14.0. The average Bonchev–Trinajstić information content (AvgIpc) is 2.80. The molecule has 2 rings (SSSR count). The van der Waals surface area contributed by atoms with Gasteiger partial charge in [0.05, 0.1) is 19.1 Å². The first kappa shape index (κ1) is 13.6. The van der Waals surface area contributed by atoms with Crippen LogP contribution < -0.4 is 0 Å². The molecule has 1 amide bonds. The van der Waals surface area contributed by atoms with Crippen molar-refractivity contribution in [2.24, 2.45) is 5.92 Å². The van der Waals surface area contributed by atoms with Crippen LogP contribution in [0, 0.1) is 12.8 Å². The van der Waals surface area contributed by atoms with E-state index >= 15 is 0 Å². The number of benzene rings is 1. The number of rotatable bonds is 3. The van der Waals surface area contributed by atoms with Crippen LogP contribution in [-0.2, 0) is 14.3 Å². The number of likely N-dealkylation sites (tertiary alicyclic amines) is 1. The van der Waals surface area contributed by atoms with Crippen molar-refractivity contribution in [2.75, 3.05) is 13.7 Å². The monoisotopic (exact) mass is 261 g/mol. The molecule has 4 heteroatoms. The van der Waals surface area contributed by atoms with Gasteiger partial charge in [0.2, 0.25) is 5.91 Å². The fourth-order valence-corrected chi connectivity index (χ4v) is 2.65. The third-order valence-corrected chi connectivity index (χ3v) is 3.80. The van der Waals surface area contributed by atoms with E-state index in [0.717, 1.165) is 11.1 Å². The summed E-state index contributed by atoms with van der Waals surface area (Å²) < 4.78 is 4.72. The van der Waals surface area contributed by atoms with E-state index in [-0.39, 0.29) is 30.3 Å². The molecule has 1 heterocycles. The SMILES string of the molecule is COC(=O)C1CC(=O)N(C(C)c2ccccc2C)C1. The second-order valence-corrected chi connectivity index (χ2v) is 5.00. The smallest absolute Gasteiger partial charge is 0.310 e. The summed E-state index contributed by atoms with van der Waals surface area (Å²) in [6.07, 6.45) is 0.253. The molecule has 1 saturated heterocycles. The van der Waals surface area contributed by atoms with Gasteiger partial charge < -0.3 is 9.64 Å². The van der Waals surface area contributed by atoms with Crippen LogP contribution >= 0.6 is 0 Å². The minimum Gasteiger partial charge on any atom is -0.469 e. The molecule has 1 aromatic carbocycles. The molecule has 2 unspecified atom stereocenters. The van der Waals surface area contributed by atoms with Gasteiger partial charge in [-0.15, -0.1) is 0 Å². The molecule has 0 aliphatic carbocycles. The number of ether oxygens (including phenoxy) is 1. The van der Waals surface area contributed by atoms with Gasteiger partial charge in [-0.05, 0) is 25.0 Å². The third kappa shape index (κ3) is 2.62.